The van der Waals surface area contributed by atoms with E-state index in [1.807, 2.05) is 0 Å². The van der Waals surface area contributed by atoms with Gasteiger partial charge in [-0.15, -0.1) is 0 Å². The Morgan fingerprint density at radius 1 is 1.75 bits per heavy atom. The maximum atomic E-state index is 13.0. The summed E-state index contributed by atoms with van der Waals surface area (Å²) in [6, 6.07) is 0. The molecule has 2 rings (SSSR count). The predicted octanol–water partition coefficient (Wildman–Crippen LogP) is 0.0817. The molecule has 3 nitrogen and oxygen atoms in total. The van der Waals surface area contributed by atoms with Crippen LogP contribution in [0.5, 0.6) is 0 Å². The molecular weight excluding hydrogens is 161 g/mol. The quantitative estimate of drug-likeness (QED) is 0.610. The third-order valence-corrected chi connectivity index (χ3v) is 2.98. The molecule has 0 bridgehead atoms. The number of amides is 1. The van der Waals surface area contributed by atoms with Gasteiger partial charge in [0, 0.05) is 13.0 Å². The van der Waals surface area contributed by atoms with E-state index in [1.165, 1.54) is 4.90 Å². The molecule has 1 N–H and O–H groups in total. The van der Waals surface area contributed by atoms with Crippen LogP contribution < -0.4 is 0 Å². The molecule has 2 fully saturated rings. The van der Waals surface area contributed by atoms with Gasteiger partial charge in [0.25, 0.3) is 5.91 Å². The van der Waals surface area contributed by atoms with E-state index < -0.39 is 17.6 Å². The SMILES string of the molecule is O=C1[C@H](F)C[C@]2(CO)CCCN12. The van der Waals surface area contributed by atoms with Gasteiger partial charge in [-0.1, -0.05) is 0 Å². The smallest absolute Gasteiger partial charge is 0.257 e. The normalized spacial score (nSPS) is 40.7. The van der Waals surface area contributed by atoms with Crippen LogP contribution in [-0.4, -0.2) is 40.8 Å². The Bertz CT molecular complexity index is 221. The first-order valence-corrected chi connectivity index (χ1v) is 4.26. The number of nitrogens with zero attached hydrogens (tertiary/aromatic N) is 1. The second-order valence-electron chi connectivity index (χ2n) is 3.65. The van der Waals surface area contributed by atoms with Crippen molar-refractivity contribution in [1.29, 1.82) is 0 Å². The molecule has 2 saturated heterocycles. The monoisotopic (exact) mass is 173 g/mol. The zero-order valence-corrected chi connectivity index (χ0v) is 6.79. The molecule has 0 aliphatic carbocycles. The molecule has 2 heterocycles. The first-order chi connectivity index (χ1) is 5.69. The van der Waals surface area contributed by atoms with Gasteiger partial charge in [0.1, 0.15) is 0 Å². The van der Waals surface area contributed by atoms with Crippen LogP contribution in [0.3, 0.4) is 0 Å². The fraction of sp³-hybridized carbons (Fsp3) is 0.875. The van der Waals surface area contributed by atoms with Crippen LogP contribution in [0.25, 0.3) is 0 Å². The summed E-state index contributed by atoms with van der Waals surface area (Å²) in [4.78, 5) is 12.7. The summed E-state index contributed by atoms with van der Waals surface area (Å²) in [5.41, 5.74) is -0.545. The number of hydrogen-bond donors (Lipinski definition) is 1. The first kappa shape index (κ1) is 7.98. The van der Waals surface area contributed by atoms with Crippen LogP contribution in [-0.2, 0) is 4.79 Å². The molecule has 12 heavy (non-hydrogen) atoms. The van der Waals surface area contributed by atoms with E-state index in [-0.39, 0.29) is 13.0 Å². The minimum atomic E-state index is -1.38. The summed E-state index contributed by atoms with van der Waals surface area (Å²) in [5.74, 6) is -0.429. The van der Waals surface area contributed by atoms with Gasteiger partial charge in [-0.2, -0.15) is 0 Å². The van der Waals surface area contributed by atoms with Crippen molar-refractivity contribution in [2.24, 2.45) is 0 Å². The van der Waals surface area contributed by atoms with E-state index in [1.54, 1.807) is 0 Å². The molecule has 2 atom stereocenters. The molecule has 0 unspecified atom stereocenters. The van der Waals surface area contributed by atoms with E-state index in [0.717, 1.165) is 12.8 Å². The number of rotatable bonds is 1. The third-order valence-electron chi connectivity index (χ3n) is 2.98. The lowest BCUT2D eigenvalue weighted by Gasteiger charge is -2.28. The lowest BCUT2D eigenvalue weighted by Crippen LogP contribution is -2.43. The van der Waals surface area contributed by atoms with Gasteiger partial charge < -0.3 is 10.0 Å². The summed E-state index contributed by atoms with van der Waals surface area (Å²) >= 11 is 0. The number of carbonyl (C=O) groups excluding carboxylic acids is 1. The molecule has 0 saturated carbocycles. The fourth-order valence-corrected chi connectivity index (χ4v) is 2.31. The number of aliphatic hydroxyl groups is 1. The predicted molar refractivity (Wildman–Crippen MR) is 40.3 cm³/mol. The van der Waals surface area contributed by atoms with Crippen LogP contribution in [0, 0.1) is 0 Å². The van der Waals surface area contributed by atoms with Gasteiger partial charge in [0.05, 0.1) is 12.1 Å². The van der Waals surface area contributed by atoms with Gasteiger partial charge in [-0.3, -0.25) is 4.79 Å². The highest BCUT2D eigenvalue weighted by Crippen LogP contribution is 2.40. The van der Waals surface area contributed by atoms with Gasteiger partial charge in [0.15, 0.2) is 6.17 Å². The Morgan fingerprint density at radius 2 is 2.50 bits per heavy atom. The lowest BCUT2D eigenvalue weighted by atomic mass is 9.95. The average molecular weight is 173 g/mol. The summed E-state index contributed by atoms with van der Waals surface area (Å²) in [6.07, 6.45) is 0.439. The van der Waals surface area contributed by atoms with Gasteiger partial charge in [-0.25, -0.2) is 4.39 Å². The van der Waals surface area contributed by atoms with E-state index in [2.05, 4.69) is 0 Å². The molecular formula is C8H12FNO2. The second-order valence-corrected chi connectivity index (χ2v) is 3.65. The Morgan fingerprint density at radius 3 is 3.08 bits per heavy atom. The molecule has 1 amide bonds. The second kappa shape index (κ2) is 2.42. The van der Waals surface area contributed by atoms with Crippen LogP contribution >= 0.6 is 0 Å². The van der Waals surface area contributed by atoms with Crippen LogP contribution in [0.1, 0.15) is 19.3 Å². The largest absolute Gasteiger partial charge is 0.394 e. The number of halogens is 1. The van der Waals surface area contributed by atoms with Crippen LogP contribution in [0.2, 0.25) is 0 Å². The topological polar surface area (TPSA) is 40.5 Å². The maximum absolute atomic E-state index is 13.0. The van der Waals surface area contributed by atoms with Crippen molar-refractivity contribution in [3.63, 3.8) is 0 Å². The van der Waals surface area contributed by atoms with E-state index in [9.17, 15) is 9.18 Å². The van der Waals surface area contributed by atoms with Crippen molar-refractivity contribution in [3.8, 4) is 0 Å². The summed E-state index contributed by atoms with van der Waals surface area (Å²) in [7, 11) is 0. The Kier molecular flexibility index (Phi) is 1.61. The highest BCUT2D eigenvalue weighted by molar-refractivity contribution is 5.84. The molecule has 2 aliphatic rings. The summed E-state index contributed by atoms with van der Waals surface area (Å²) < 4.78 is 13.0. The zero-order valence-electron chi connectivity index (χ0n) is 6.79. The van der Waals surface area contributed by atoms with Gasteiger partial charge in [-0.05, 0) is 12.8 Å². The van der Waals surface area contributed by atoms with Gasteiger partial charge >= 0.3 is 0 Å². The first-order valence-electron chi connectivity index (χ1n) is 4.26. The van der Waals surface area contributed by atoms with Crippen molar-refractivity contribution < 1.29 is 14.3 Å². The summed E-state index contributed by atoms with van der Waals surface area (Å²) in [5, 5.41) is 9.10. The number of carbonyl (C=O) groups is 1. The van der Waals surface area contributed by atoms with Crippen LogP contribution in [0.15, 0.2) is 0 Å². The fourth-order valence-electron chi connectivity index (χ4n) is 2.31. The van der Waals surface area contributed by atoms with Crippen molar-refractivity contribution in [2.45, 2.75) is 31.0 Å². The molecule has 4 heteroatoms. The lowest BCUT2D eigenvalue weighted by molar-refractivity contribution is -0.133. The number of alkyl halides is 1. The number of hydrogen-bond acceptors (Lipinski definition) is 2. The average Bonchev–Trinajstić information content (AvgIpc) is 2.55. The Labute approximate surface area is 70.2 Å². The van der Waals surface area contributed by atoms with Crippen LogP contribution in [0.4, 0.5) is 4.39 Å². The maximum Gasteiger partial charge on any atom is 0.257 e. The van der Waals surface area contributed by atoms with E-state index in [4.69, 9.17) is 5.11 Å². The Balaban J connectivity index is 2.27. The molecule has 0 spiro atoms. The molecule has 2 aliphatic heterocycles. The van der Waals surface area contributed by atoms with E-state index >= 15 is 0 Å². The van der Waals surface area contributed by atoms with Crippen molar-refractivity contribution in [3.05, 3.63) is 0 Å². The minimum absolute atomic E-state index is 0.0981. The summed E-state index contributed by atoms with van der Waals surface area (Å²) in [6.45, 7) is 0.513. The van der Waals surface area contributed by atoms with E-state index in [0.29, 0.717) is 6.54 Å². The number of fused-ring (bicyclic) bond motifs is 1. The van der Waals surface area contributed by atoms with Crippen molar-refractivity contribution >= 4 is 5.91 Å². The standard InChI is InChI=1S/C8H12FNO2/c9-6-4-8(5-11)2-1-3-10(8)7(6)12/h6,11H,1-5H2/t6-,8+/m1/s1. The zero-order chi connectivity index (χ0) is 8.77. The highest BCUT2D eigenvalue weighted by Gasteiger charge is 2.53. The third kappa shape index (κ3) is 0.813. The molecule has 0 radical (unpaired) electrons. The van der Waals surface area contributed by atoms with Crippen molar-refractivity contribution in [1.82, 2.24) is 4.90 Å². The molecule has 0 aromatic heterocycles. The number of aliphatic hydroxyl groups excluding tert-OH is 1. The minimum Gasteiger partial charge on any atom is -0.394 e. The molecule has 0 aromatic carbocycles. The molecule has 0 aromatic rings. The molecule has 68 valence electrons. The van der Waals surface area contributed by atoms with Crippen molar-refractivity contribution in [2.75, 3.05) is 13.2 Å². The Hall–Kier alpha value is -0.640. The van der Waals surface area contributed by atoms with Gasteiger partial charge in [0.2, 0.25) is 0 Å². The highest BCUT2D eigenvalue weighted by atomic mass is 19.1.